The summed E-state index contributed by atoms with van der Waals surface area (Å²) in [5.74, 6) is -0.726. The second kappa shape index (κ2) is 8.19. The predicted octanol–water partition coefficient (Wildman–Crippen LogP) is 1.96. The van der Waals surface area contributed by atoms with Crippen molar-refractivity contribution in [2.75, 3.05) is 33.9 Å². The summed E-state index contributed by atoms with van der Waals surface area (Å²) in [5, 5.41) is 2.81. The number of rotatable bonds is 8. The molecule has 0 saturated heterocycles. The minimum absolute atomic E-state index is 0.170. The van der Waals surface area contributed by atoms with Crippen LogP contribution in [0.1, 0.15) is 12.5 Å². The summed E-state index contributed by atoms with van der Waals surface area (Å²) in [6, 6.07) is 2.84. The quantitative estimate of drug-likeness (QED) is 0.698. The van der Waals surface area contributed by atoms with E-state index in [2.05, 4.69) is 21.2 Å². The van der Waals surface area contributed by atoms with Gasteiger partial charge in [0.05, 0.1) is 6.61 Å². The molecule has 8 heteroatoms. The molecule has 0 saturated carbocycles. The Morgan fingerprint density at radius 2 is 2.10 bits per heavy atom. The number of hydrogen-bond donors (Lipinski definition) is 1. The number of likely N-dealkylation sites (N-methyl/N-ethyl adjacent to an activating group) is 1. The maximum absolute atomic E-state index is 14.4. The van der Waals surface area contributed by atoms with Gasteiger partial charge in [0.25, 0.3) is 0 Å². The normalized spacial score (nSPS) is 12.1. The van der Waals surface area contributed by atoms with Crippen molar-refractivity contribution >= 4 is 26.0 Å². The van der Waals surface area contributed by atoms with E-state index in [0.29, 0.717) is 16.6 Å². The first-order valence-corrected chi connectivity index (χ1v) is 8.74. The maximum Gasteiger partial charge on any atom is 0.245 e. The lowest BCUT2D eigenvalue weighted by molar-refractivity contribution is 0.138. The maximum atomic E-state index is 14.4. The fourth-order valence-electron chi connectivity index (χ4n) is 1.75. The third-order valence-corrected chi connectivity index (χ3v) is 5.20. The van der Waals surface area contributed by atoms with Crippen LogP contribution in [0.15, 0.2) is 21.5 Å². The van der Waals surface area contributed by atoms with Gasteiger partial charge in [0, 0.05) is 36.8 Å². The van der Waals surface area contributed by atoms with E-state index in [9.17, 15) is 12.8 Å². The largest absolute Gasteiger partial charge is 0.380 e. The fraction of sp³-hybridized carbons (Fsp3) is 0.538. The predicted molar refractivity (Wildman–Crippen MR) is 83.2 cm³/mol. The highest BCUT2D eigenvalue weighted by Crippen LogP contribution is 2.26. The molecule has 0 fully saturated rings. The molecule has 0 bridgehead atoms. The second-order valence-electron chi connectivity index (χ2n) is 4.43. The van der Waals surface area contributed by atoms with E-state index in [1.54, 1.807) is 13.1 Å². The van der Waals surface area contributed by atoms with Crippen LogP contribution in [0.5, 0.6) is 0 Å². The summed E-state index contributed by atoms with van der Waals surface area (Å²) in [6.07, 6.45) is 0. The molecule has 0 atom stereocenters. The molecule has 0 aliphatic heterocycles. The standard InChI is InChI=1S/C13H20BrFN2O3S/c1-4-20-6-5-17(3)21(18,19)12-8-11(14)7-10(9-16-2)13(12)15/h7-8,16H,4-6,9H2,1-3H3. The molecule has 0 aliphatic rings. The molecule has 1 N–H and O–H groups in total. The van der Waals surface area contributed by atoms with Gasteiger partial charge >= 0.3 is 0 Å². The molecular formula is C13H20BrFN2O3S. The van der Waals surface area contributed by atoms with E-state index in [1.165, 1.54) is 13.1 Å². The Balaban J connectivity index is 3.12. The number of ether oxygens (including phenoxy) is 1. The number of halogens is 2. The zero-order valence-electron chi connectivity index (χ0n) is 12.3. The highest BCUT2D eigenvalue weighted by atomic mass is 79.9. The highest BCUT2D eigenvalue weighted by molar-refractivity contribution is 9.10. The van der Waals surface area contributed by atoms with Crippen molar-refractivity contribution in [3.05, 3.63) is 28.0 Å². The fourth-order valence-corrected chi connectivity index (χ4v) is 3.69. The van der Waals surface area contributed by atoms with Gasteiger partial charge in [-0.1, -0.05) is 15.9 Å². The summed E-state index contributed by atoms with van der Waals surface area (Å²) in [6.45, 7) is 3.02. The van der Waals surface area contributed by atoms with Crippen LogP contribution in [0.2, 0.25) is 0 Å². The molecule has 5 nitrogen and oxygen atoms in total. The minimum Gasteiger partial charge on any atom is -0.380 e. The van der Waals surface area contributed by atoms with E-state index in [-0.39, 0.29) is 24.6 Å². The van der Waals surface area contributed by atoms with Crippen LogP contribution in [0.25, 0.3) is 0 Å². The Labute approximate surface area is 133 Å². The summed E-state index contributed by atoms with van der Waals surface area (Å²) < 4.78 is 46.0. The van der Waals surface area contributed by atoms with Crippen molar-refractivity contribution in [2.45, 2.75) is 18.4 Å². The Hall–Kier alpha value is -0.540. The molecule has 0 unspecified atom stereocenters. The zero-order valence-corrected chi connectivity index (χ0v) is 14.7. The van der Waals surface area contributed by atoms with Gasteiger partial charge < -0.3 is 10.1 Å². The first-order chi connectivity index (χ1) is 9.84. The number of benzene rings is 1. The number of nitrogens with one attached hydrogen (secondary N) is 1. The van der Waals surface area contributed by atoms with Crippen molar-refractivity contribution in [1.29, 1.82) is 0 Å². The van der Waals surface area contributed by atoms with E-state index in [0.717, 1.165) is 4.31 Å². The van der Waals surface area contributed by atoms with Crippen LogP contribution in [-0.4, -0.2) is 46.6 Å². The molecule has 1 aromatic carbocycles. The lowest BCUT2D eigenvalue weighted by Crippen LogP contribution is -2.31. The van der Waals surface area contributed by atoms with Crippen LogP contribution < -0.4 is 5.32 Å². The molecule has 0 aliphatic carbocycles. The summed E-state index contributed by atoms with van der Waals surface area (Å²) in [7, 11) is -0.814. The van der Waals surface area contributed by atoms with Crippen LogP contribution in [0.4, 0.5) is 4.39 Å². The van der Waals surface area contributed by atoms with E-state index in [4.69, 9.17) is 4.74 Å². The average Bonchev–Trinajstić information content (AvgIpc) is 2.42. The van der Waals surface area contributed by atoms with Crippen LogP contribution in [0, 0.1) is 5.82 Å². The number of sulfonamides is 1. The van der Waals surface area contributed by atoms with Gasteiger partial charge in [-0.15, -0.1) is 0 Å². The average molecular weight is 383 g/mol. The van der Waals surface area contributed by atoms with Crippen molar-refractivity contribution in [2.24, 2.45) is 0 Å². The van der Waals surface area contributed by atoms with Crippen LogP contribution >= 0.6 is 15.9 Å². The lowest BCUT2D eigenvalue weighted by Gasteiger charge is -2.18. The summed E-state index contributed by atoms with van der Waals surface area (Å²) in [5.41, 5.74) is 0.295. The Morgan fingerprint density at radius 1 is 1.43 bits per heavy atom. The van der Waals surface area contributed by atoms with Crippen molar-refractivity contribution in [1.82, 2.24) is 9.62 Å². The third-order valence-electron chi connectivity index (χ3n) is 2.89. The Kier molecular flexibility index (Phi) is 7.22. The highest BCUT2D eigenvalue weighted by Gasteiger charge is 2.26. The third kappa shape index (κ3) is 4.72. The molecule has 0 aromatic heterocycles. The molecule has 0 amide bonds. The van der Waals surface area contributed by atoms with Gasteiger partial charge in [0.1, 0.15) is 10.7 Å². The van der Waals surface area contributed by atoms with E-state index in [1.807, 2.05) is 6.92 Å². The van der Waals surface area contributed by atoms with Crippen molar-refractivity contribution < 1.29 is 17.5 Å². The molecule has 1 aromatic rings. The van der Waals surface area contributed by atoms with Gasteiger partial charge in [-0.3, -0.25) is 0 Å². The molecular weight excluding hydrogens is 363 g/mol. The van der Waals surface area contributed by atoms with Gasteiger partial charge in [-0.05, 0) is 26.1 Å². The van der Waals surface area contributed by atoms with Crippen molar-refractivity contribution in [3.8, 4) is 0 Å². The van der Waals surface area contributed by atoms with Gasteiger partial charge in [0.2, 0.25) is 10.0 Å². The summed E-state index contributed by atoms with van der Waals surface area (Å²) >= 11 is 3.22. The van der Waals surface area contributed by atoms with Crippen molar-refractivity contribution in [3.63, 3.8) is 0 Å². The van der Waals surface area contributed by atoms with Crippen LogP contribution in [-0.2, 0) is 21.3 Å². The van der Waals surface area contributed by atoms with E-state index >= 15 is 0 Å². The molecule has 21 heavy (non-hydrogen) atoms. The first-order valence-electron chi connectivity index (χ1n) is 6.51. The SMILES string of the molecule is CCOCCN(C)S(=O)(=O)c1cc(Br)cc(CNC)c1F. The Morgan fingerprint density at radius 3 is 2.67 bits per heavy atom. The van der Waals surface area contributed by atoms with Gasteiger partial charge in [-0.25, -0.2) is 12.8 Å². The summed E-state index contributed by atoms with van der Waals surface area (Å²) in [4.78, 5) is -0.332. The zero-order chi connectivity index (χ0) is 16.0. The Bertz CT molecular complexity index is 581. The monoisotopic (exact) mass is 382 g/mol. The smallest absolute Gasteiger partial charge is 0.245 e. The van der Waals surface area contributed by atoms with Gasteiger partial charge in [-0.2, -0.15) is 4.31 Å². The molecule has 0 spiro atoms. The number of hydrogen-bond acceptors (Lipinski definition) is 4. The molecule has 0 radical (unpaired) electrons. The first kappa shape index (κ1) is 18.5. The minimum atomic E-state index is -3.89. The molecule has 0 heterocycles. The molecule has 120 valence electrons. The van der Waals surface area contributed by atoms with Gasteiger partial charge in [0.15, 0.2) is 0 Å². The second-order valence-corrected chi connectivity index (χ2v) is 7.36. The number of nitrogens with zero attached hydrogens (tertiary/aromatic N) is 1. The van der Waals surface area contributed by atoms with E-state index < -0.39 is 15.8 Å². The van der Waals surface area contributed by atoms with Crippen LogP contribution in [0.3, 0.4) is 0 Å². The lowest BCUT2D eigenvalue weighted by atomic mass is 10.2. The topological polar surface area (TPSA) is 58.6 Å². The molecule has 1 rings (SSSR count).